The third-order valence-corrected chi connectivity index (χ3v) is 4.33. The van der Waals surface area contributed by atoms with Crippen LogP contribution in [0.4, 0.5) is 0 Å². The normalized spacial score (nSPS) is 34.9. The second kappa shape index (κ2) is 5.16. The van der Waals surface area contributed by atoms with E-state index in [9.17, 15) is 0 Å². The van der Waals surface area contributed by atoms with Gasteiger partial charge in [0.05, 0.1) is 0 Å². The summed E-state index contributed by atoms with van der Waals surface area (Å²) in [6.45, 7) is 3.63. The van der Waals surface area contributed by atoms with Crippen LogP contribution in [-0.2, 0) is 0 Å². The zero-order valence-corrected chi connectivity index (χ0v) is 9.60. The number of hydrogen-bond acceptors (Lipinski definition) is 1. The summed E-state index contributed by atoms with van der Waals surface area (Å²) in [5.74, 6) is 2.03. The lowest BCUT2D eigenvalue weighted by atomic mass is 9.82. The van der Waals surface area contributed by atoms with Crippen molar-refractivity contribution in [1.82, 2.24) is 5.32 Å². The fraction of sp³-hybridized carbons (Fsp3) is 1.00. The Kier molecular flexibility index (Phi) is 3.86. The maximum Gasteiger partial charge on any atom is 0.00983 e. The topological polar surface area (TPSA) is 12.0 Å². The molecule has 1 aliphatic heterocycles. The molecule has 1 aliphatic carbocycles. The minimum absolute atomic E-state index is 0.864. The lowest BCUT2D eigenvalue weighted by molar-refractivity contribution is 0.280. The molecule has 1 heterocycles. The molecule has 2 aliphatic rings. The molecule has 1 saturated heterocycles. The monoisotopic (exact) mass is 195 g/mol. The van der Waals surface area contributed by atoms with E-state index in [0.717, 1.165) is 17.9 Å². The van der Waals surface area contributed by atoms with Crippen molar-refractivity contribution < 1.29 is 0 Å². The quantitative estimate of drug-likeness (QED) is 0.728. The molecular formula is C13H25N. The highest BCUT2D eigenvalue weighted by Crippen LogP contribution is 2.31. The van der Waals surface area contributed by atoms with Gasteiger partial charge in [-0.25, -0.2) is 0 Å². The lowest BCUT2D eigenvalue weighted by Crippen LogP contribution is -2.30. The minimum atomic E-state index is 0.864. The smallest absolute Gasteiger partial charge is 0.00983 e. The van der Waals surface area contributed by atoms with Gasteiger partial charge >= 0.3 is 0 Å². The lowest BCUT2D eigenvalue weighted by Gasteiger charge is -2.27. The predicted molar refractivity (Wildman–Crippen MR) is 61.4 cm³/mol. The molecule has 0 amide bonds. The molecule has 0 spiro atoms. The highest BCUT2D eigenvalue weighted by atomic mass is 14.9. The molecule has 82 valence electrons. The van der Waals surface area contributed by atoms with Crippen molar-refractivity contribution >= 4 is 0 Å². The summed E-state index contributed by atoms with van der Waals surface area (Å²) in [4.78, 5) is 0. The van der Waals surface area contributed by atoms with E-state index >= 15 is 0 Å². The first-order valence-electron chi connectivity index (χ1n) is 6.63. The van der Waals surface area contributed by atoms with Crippen LogP contribution in [0.5, 0.6) is 0 Å². The fourth-order valence-electron chi connectivity index (χ4n) is 3.37. The van der Waals surface area contributed by atoms with E-state index in [1.54, 1.807) is 0 Å². The Bertz CT molecular complexity index is 161. The highest BCUT2D eigenvalue weighted by Gasteiger charge is 2.28. The van der Waals surface area contributed by atoms with Crippen LogP contribution in [0.25, 0.3) is 0 Å². The summed E-state index contributed by atoms with van der Waals surface area (Å²) in [7, 11) is 0. The summed E-state index contributed by atoms with van der Waals surface area (Å²) >= 11 is 0. The van der Waals surface area contributed by atoms with Gasteiger partial charge in [-0.1, -0.05) is 45.4 Å². The van der Waals surface area contributed by atoms with E-state index < -0.39 is 0 Å². The molecule has 2 unspecified atom stereocenters. The Morgan fingerprint density at radius 3 is 2.57 bits per heavy atom. The molecule has 2 rings (SSSR count). The molecule has 0 aromatic heterocycles. The number of hydrogen-bond donors (Lipinski definition) is 1. The van der Waals surface area contributed by atoms with Crippen LogP contribution >= 0.6 is 0 Å². The van der Waals surface area contributed by atoms with Crippen molar-refractivity contribution in [2.24, 2.45) is 11.8 Å². The average molecular weight is 195 g/mol. The Hall–Kier alpha value is -0.0400. The second-order valence-electron chi connectivity index (χ2n) is 5.26. The zero-order valence-electron chi connectivity index (χ0n) is 9.60. The first kappa shape index (κ1) is 10.5. The van der Waals surface area contributed by atoms with Gasteiger partial charge in [-0.05, 0) is 31.2 Å². The summed E-state index contributed by atoms with van der Waals surface area (Å²) < 4.78 is 0. The van der Waals surface area contributed by atoms with E-state index in [0.29, 0.717) is 0 Å². The first-order valence-corrected chi connectivity index (χ1v) is 6.63. The van der Waals surface area contributed by atoms with Gasteiger partial charge in [0.25, 0.3) is 0 Å². The largest absolute Gasteiger partial charge is 0.314 e. The van der Waals surface area contributed by atoms with Gasteiger partial charge in [0.15, 0.2) is 0 Å². The molecule has 0 aromatic rings. The van der Waals surface area contributed by atoms with E-state index in [-0.39, 0.29) is 0 Å². The Morgan fingerprint density at radius 2 is 1.86 bits per heavy atom. The van der Waals surface area contributed by atoms with Crippen LogP contribution < -0.4 is 5.32 Å². The Labute approximate surface area is 88.7 Å². The van der Waals surface area contributed by atoms with Gasteiger partial charge < -0.3 is 5.32 Å². The van der Waals surface area contributed by atoms with Gasteiger partial charge in [0.1, 0.15) is 0 Å². The molecule has 0 radical (unpaired) electrons. The van der Waals surface area contributed by atoms with Gasteiger partial charge in [0.2, 0.25) is 0 Å². The van der Waals surface area contributed by atoms with Crippen LogP contribution in [0.1, 0.15) is 58.3 Å². The molecule has 0 bridgehead atoms. The molecule has 1 N–H and O–H groups in total. The molecular weight excluding hydrogens is 170 g/mol. The summed E-state index contributed by atoms with van der Waals surface area (Å²) in [6.07, 6.45) is 11.8. The van der Waals surface area contributed by atoms with Crippen LogP contribution in [0, 0.1) is 11.8 Å². The van der Waals surface area contributed by atoms with Gasteiger partial charge in [0, 0.05) is 6.04 Å². The molecule has 1 nitrogen and oxygen atoms in total. The molecule has 0 aromatic carbocycles. The third-order valence-electron chi connectivity index (χ3n) is 4.33. The summed E-state index contributed by atoms with van der Waals surface area (Å²) in [5.41, 5.74) is 0. The summed E-state index contributed by atoms with van der Waals surface area (Å²) in [5, 5.41) is 3.70. The van der Waals surface area contributed by atoms with Crippen molar-refractivity contribution in [1.29, 1.82) is 0 Å². The van der Waals surface area contributed by atoms with Gasteiger partial charge in [-0.15, -0.1) is 0 Å². The maximum absolute atomic E-state index is 3.70. The van der Waals surface area contributed by atoms with E-state index in [1.165, 1.54) is 57.9 Å². The van der Waals surface area contributed by atoms with Crippen molar-refractivity contribution in [3.8, 4) is 0 Å². The highest BCUT2D eigenvalue weighted by molar-refractivity contribution is 4.85. The minimum Gasteiger partial charge on any atom is -0.314 e. The summed E-state index contributed by atoms with van der Waals surface area (Å²) in [6, 6.07) is 0.864. The van der Waals surface area contributed by atoms with Gasteiger partial charge in [-0.2, -0.15) is 0 Å². The average Bonchev–Trinajstić information content (AvgIpc) is 2.67. The molecule has 2 atom stereocenters. The van der Waals surface area contributed by atoms with Crippen LogP contribution in [0.2, 0.25) is 0 Å². The van der Waals surface area contributed by atoms with E-state index in [1.807, 2.05) is 0 Å². The number of rotatable bonds is 3. The zero-order chi connectivity index (χ0) is 9.80. The second-order valence-corrected chi connectivity index (χ2v) is 5.26. The van der Waals surface area contributed by atoms with Crippen molar-refractivity contribution in [3.63, 3.8) is 0 Å². The van der Waals surface area contributed by atoms with E-state index in [2.05, 4.69) is 12.2 Å². The molecule has 1 saturated carbocycles. The van der Waals surface area contributed by atoms with Crippen LogP contribution in [-0.4, -0.2) is 12.6 Å². The van der Waals surface area contributed by atoms with Crippen LogP contribution in [0.15, 0.2) is 0 Å². The Balaban J connectivity index is 1.77. The molecule has 14 heavy (non-hydrogen) atoms. The number of nitrogens with one attached hydrogen (secondary N) is 1. The first-order chi connectivity index (χ1) is 6.90. The van der Waals surface area contributed by atoms with E-state index in [4.69, 9.17) is 0 Å². The SMILES string of the molecule is CCC1CCNC1CC1CCCCC1. The maximum atomic E-state index is 3.70. The van der Waals surface area contributed by atoms with Crippen molar-refractivity contribution in [3.05, 3.63) is 0 Å². The fourth-order valence-corrected chi connectivity index (χ4v) is 3.37. The van der Waals surface area contributed by atoms with Crippen molar-refractivity contribution in [2.45, 2.75) is 64.3 Å². The van der Waals surface area contributed by atoms with Crippen molar-refractivity contribution in [2.75, 3.05) is 6.54 Å². The third kappa shape index (κ3) is 2.50. The molecule has 2 fully saturated rings. The molecule has 1 heteroatoms. The van der Waals surface area contributed by atoms with Crippen LogP contribution in [0.3, 0.4) is 0 Å². The standard InChI is InChI=1S/C13H25N/c1-2-12-8-9-14-13(12)10-11-6-4-3-5-7-11/h11-14H,2-10H2,1H3. The predicted octanol–water partition coefficient (Wildman–Crippen LogP) is 3.34. The Morgan fingerprint density at radius 1 is 1.07 bits per heavy atom. The van der Waals surface area contributed by atoms with Gasteiger partial charge in [-0.3, -0.25) is 0 Å².